The molecule has 0 saturated heterocycles. The minimum absolute atomic E-state index is 0.330. The van der Waals surface area contributed by atoms with Gasteiger partial charge in [-0.25, -0.2) is 5.43 Å². The fourth-order valence-electron chi connectivity index (χ4n) is 0.745. The molecule has 0 bridgehead atoms. The largest absolute Gasteiger partial charge is 0.344 e. The molecule has 0 fully saturated rings. The molecule has 0 aliphatic rings. The van der Waals surface area contributed by atoms with Crippen LogP contribution in [-0.2, 0) is 0 Å². The second-order valence-electron chi connectivity index (χ2n) is 3.41. The van der Waals surface area contributed by atoms with Crippen LogP contribution in [0.1, 0.15) is 13.3 Å². The van der Waals surface area contributed by atoms with Crippen molar-refractivity contribution in [2.24, 2.45) is 5.10 Å². The molecule has 82 valence electrons. The van der Waals surface area contributed by atoms with Crippen LogP contribution in [0.4, 0.5) is 0 Å². The summed E-state index contributed by atoms with van der Waals surface area (Å²) in [5.74, 6) is 0.330. The molecular formula is C9H21N5. The number of guanidine groups is 1. The van der Waals surface area contributed by atoms with Crippen LogP contribution in [0, 0.1) is 5.41 Å². The molecule has 0 radical (unpaired) electrons. The van der Waals surface area contributed by atoms with Gasteiger partial charge in [0.25, 0.3) is 0 Å². The summed E-state index contributed by atoms with van der Waals surface area (Å²) in [5.41, 5.74) is 2.67. The van der Waals surface area contributed by atoms with Gasteiger partial charge in [0.1, 0.15) is 0 Å². The average molecular weight is 199 g/mol. The second-order valence-corrected chi connectivity index (χ2v) is 3.41. The fourth-order valence-corrected chi connectivity index (χ4v) is 0.745. The lowest BCUT2D eigenvalue weighted by Crippen LogP contribution is -2.39. The molecule has 0 aromatic carbocycles. The van der Waals surface area contributed by atoms with Gasteiger partial charge in [0.05, 0.1) is 0 Å². The number of hydrogen-bond donors (Lipinski definition) is 2. The van der Waals surface area contributed by atoms with Crippen molar-refractivity contribution in [1.82, 2.24) is 15.2 Å². The fraction of sp³-hybridized carbons (Fsp3) is 0.778. The number of nitrogens with one attached hydrogen (secondary N) is 2. The number of likely N-dealkylation sites (N-methyl/N-ethyl adjacent to an activating group) is 2. The zero-order chi connectivity index (χ0) is 11.0. The van der Waals surface area contributed by atoms with Gasteiger partial charge in [0.15, 0.2) is 0 Å². The summed E-state index contributed by atoms with van der Waals surface area (Å²) < 4.78 is 0. The van der Waals surface area contributed by atoms with Crippen molar-refractivity contribution >= 4 is 12.2 Å². The first-order valence-electron chi connectivity index (χ1n) is 4.79. The molecule has 2 N–H and O–H groups in total. The van der Waals surface area contributed by atoms with Crippen LogP contribution in [0.2, 0.25) is 0 Å². The van der Waals surface area contributed by atoms with E-state index in [1.54, 1.807) is 6.21 Å². The maximum atomic E-state index is 7.60. The Morgan fingerprint density at radius 1 is 1.36 bits per heavy atom. The first kappa shape index (κ1) is 12.9. The van der Waals surface area contributed by atoms with Gasteiger partial charge in [0, 0.05) is 26.4 Å². The van der Waals surface area contributed by atoms with E-state index in [0.29, 0.717) is 5.96 Å². The third-order valence-corrected chi connectivity index (χ3v) is 1.71. The normalized spacial score (nSPS) is 10.9. The summed E-state index contributed by atoms with van der Waals surface area (Å²) in [6, 6.07) is 0. The molecule has 0 amide bonds. The molecule has 0 aliphatic heterocycles. The maximum absolute atomic E-state index is 7.60. The van der Waals surface area contributed by atoms with Gasteiger partial charge in [-0.3, -0.25) is 5.41 Å². The second kappa shape index (κ2) is 7.32. The van der Waals surface area contributed by atoms with E-state index in [4.69, 9.17) is 5.41 Å². The van der Waals surface area contributed by atoms with E-state index in [1.165, 1.54) is 0 Å². The van der Waals surface area contributed by atoms with E-state index in [0.717, 1.165) is 19.5 Å². The van der Waals surface area contributed by atoms with E-state index >= 15 is 0 Å². The van der Waals surface area contributed by atoms with Crippen molar-refractivity contribution in [3.05, 3.63) is 0 Å². The van der Waals surface area contributed by atoms with Gasteiger partial charge in [-0.15, -0.1) is 0 Å². The molecule has 0 unspecified atom stereocenters. The maximum Gasteiger partial charge on any atom is 0.211 e. The third-order valence-electron chi connectivity index (χ3n) is 1.71. The van der Waals surface area contributed by atoms with Crippen LogP contribution in [0.3, 0.4) is 0 Å². The van der Waals surface area contributed by atoms with Crippen LogP contribution < -0.4 is 5.43 Å². The molecule has 5 nitrogen and oxygen atoms in total. The third kappa shape index (κ3) is 6.42. The minimum Gasteiger partial charge on any atom is -0.344 e. The van der Waals surface area contributed by atoms with Crippen LogP contribution in [0.5, 0.6) is 0 Å². The summed E-state index contributed by atoms with van der Waals surface area (Å²) >= 11 is 0. The van der Waals surface area contributed by atoms with Crippen molar-refractivity contribution in [2.75, 3.05) is 34.2 Å². The van der Waals surface area contributed by atoms with E-state index in [9.17, 15) is 0 Å². The molecule has 0 heterocycles. The Hall–Kier alpha value is -1.10. The van der Waals surface area contributed by atoms with Gasteiger partial charge in [-0.1, -0.05) is 6.92 Å². The Morgan fingerprint density at radius 3 is 2.50 bits per heavy atom. The van der Waals surface area contributed by atoms with Crippen molar-refractivity contribution < 1.29 is 0 Å². The standard InChI is InChI=1S/C9H21N5/c1-5-6-11-12-9(10)14(4)8-7-13(2)3/h6H,5,7-8H2,1-4H3,(H2,10,12)/b11-6+. The lowest BCUT2D eigenvalue weighted by atomic mass is 10.5. The molecule has 0 saturated carbocycles. The van der Waals surface area contributed by atoms with E-state index in [-0.39, 0.29) is 0 Å². The molecule has 0 aromatic rings. The predicted molar refractivity (Wildman–Crippen MR) is 60.8 cm³/mol. The minimum atomic E-state index is 0.330. The smallest absolute Gasteiger partial charge is 0.211 e. The van der Waals surface area contributed by atoms with Gasteiger partial charge >= 0.3 is 0 Å². The SMILES string of the molecule is CC/C=N/NC(=N)N(C)CCN(C)C. The Morgan fingerprint density at radius 2 is 2.00 bits per heavy atom. The van der Waals surface area contributed by atoms with Crippen molar-refractivity contribution in [2.45, 2.75) is 13.3 Å². The van der Waals surface area contributed by atoms with Crippen LogP contribution in [0.15, 0.2) is 5.10 Å². The Labute approximate surface area is 86.3 Å². The Bertz CT molecular complexity index is 188. The van der Waals surface area contributed by atoms with Gasteiger partial charge in [0.2, 0.25) is 5.96 Å². The highest BCUT2D eigenvalue weighted by molar-refractivity contribution is 5.77. The summed E-state index contributed by atoms with van der Waals surface area (Å²) in [4.78, 5) is 3.91. The molecule has 5 heteroatoms. The van der Waals surface area contributed by atoms with E-state index in [1.807, 2.05) is 33.0 Å². The van der Waals surface area contributed by atoms with Crippen molar-refractivity contribution in [3.8, 4) is 0 Å². The molecular weight excluding hydrogens is 178 g/mol. The zero-order valence-electron chi connectivity index (χ0n) is 9.54. The van der Waals surface area contributed by atoms with E-state index in [2.05, 4.69) is 15.4 Å². The summed E-state index contributed by atoms with van der Waals surface area (Å²) in [5, 5.41) is 11.5. The summed E-state index contributed by atoms with van der Waals surface area (Å²) in [6.45, 7) is 3.75. The summed E-state index contributed by atoms with van der Waals surface area (Å²) in [7, 11) is 5.90. The molecule has 0 aliphatic carbocycles. The van der Waals surface area contributed by atoms with Crippen molar-refractivity contribution in [1.29, 1.82) is 5.41 Å². The van der Waals surface area contributed by atoms with Crippen molar-refractivity contribution in [3.63, 3.8) is 0 Å². The zero-order valence-corrected chi connectivity index (χ0v) is 9.54. The quantitative estimate of drug-likeness (QED) is 0.383. The molecule has 0 atom stereocenters. The highest BCUT2D eigenvalue weighted by atomic mass is 15.4. The Kier molecular flexibility index (Phi) is 6.74. The summed E-state index contributed by atoms with van der Waals surface area (Å²) in [6.07, 6.45) is 2.62. The number of rotatable bonds is 5. The Balaban J connectivity index is 3.70. The number of hydrazone groups is 1. The molecule has 0 spiro atoms. The lowest BCUT2D eigenvalue weighted by Gasteiger charge is -2.20. The molecule has 0 rings (SSSR count). The van der Waals surface area contributed by atoms with Gasteiger partial charge in [-0.05, 0) is 20.5 Å². The van der Waals surface area contributed by atoms with Crippen LogP contribution in [0.25, 0.3) is 0 Å². The van der Waals surface area contributed by atoms with Gasteiger partial charge in [-0.2, -0.15) is 5.10 Å². The first-order valence-corrected chi connectivity index (χ1v) is 4.79. The number of nitrogens with zero attached hydrogens (tertiary/aromatic N) is 3. The van der Waals surface area contributed by atoms with Crippen LogP contribution >= 0.6 is 0 Å². The topological polar surface area (TPSA) is 54.7 Å². The molecule has 0 aromatic heterocycles. The van der Waals surface area contributed by atoms with E-state index < -0.39 is 0 Å². The highest BCUT2D eigenvalue weighted by Gasteiger charge is 2.02. The van der Waals surface area contributed by atoms with Crippen LogP contribution in [-0.4, -0.2) is 56.2 Å². The highest BCUT2D eigenvalue weighted by Crippen LogP contribution is 1.84. The molecule has 14 heavy (non-hydrogen) atoms. The predicted octanol–water partition coefficient (Wildman–Crippen LogP) is 0.400. The van der Waals surface area contributed by atoms with Gasteiger partial charge < -0.3 is 9.80 Å². The monoisotopic (exact) mass is 199 g/mol. The number of hydrogen-bond acceptors (Lipinski definition) is 3. The average Bonchev–Trinajstić information content (AvgIpc) is 2.14. The first-order chi connectivity index (χ1) is 6.57. The lowest BCUT2D eigenvalue weighted by molar-refractivity contribution is 0.351.